The minimum absolute atomic E-state index is 0.154. The van der Waals surface area contributed by atoms with Crippen LogP contribution in [0.4, 0.5) is 0 Å². The molecule has 1 aromatic carbocycles. The minimum atomic E-state index is 0.154. The monoisotopic (exact) mass is 225 g/mol. The zero-order valence-electron chi connectivity index (χ0n) is 9.54. The lowest BCUT2D eigenvalue weighted by Crippen LogP contribution is -2.10. The maximum atomic E-state index is 6.09. The Morgan fingerprint density at radius 1 is 1.13 bits per heavy atom. The third-order valence-electron chi connectivity index (χ3n) is 2.59. The fourth-order valence-corrected chi connectivity index (χ4v) is 1.75. The average molecular weight is 226 g/mol. The van der Waals surface area contributed by atoms with Crippen LogP contribution in [0.15, 0.2) is 24.3 Å². The van der Waals surface area contributed by atoms with Crippen LogP contribution in [-0.2, 0) is 0 Å². The van der Waals surface area contributed by atoms with E-state index in [1.807, 2.05) is 24.3 Å². The predicted molar refractivity (Wildman–Crippen MR) is 67.1 cm³/mol. The van der Waals surface area contributed by atoms with Crippen molar-refractivity contribution in [2.45, 2.75) is 39.2 Å². The zero-order chi connectivity index (χ0) is 11.3. The molecular weight excluding hydrogens is 206 g/mol. The maximum Gasteiger partial charge on any atom is 0.0406 e. The Kier molecular flexibility index (Phi) is 5.13. The lowest BCUT2D eigenvalue weighted by atomic mass is 9.99. The Balaban J connectivity index is 2.40. The minimum Gasteiger partial charge on any atom is -0.324 e. The first-order valence-corrected chi connectivity index (χ1v) is 5.98. The SMILES string of the molecule is CC(C)CCCC(N)c1ccc(Cl)cc1. The summed E-state index contributed by atoms with van der Waals surface area (Å²) in [6.45, 7) is 4.49. The summed E-state index contributed by atoms with van der Waals surface area (Å²) in [4.78, 5) is 0. The van der Waals surface area contributed by atoms with Crippen LogP contribution in [0, 0.1) is 5.92 Å². The normalized spacial score (nSPS) is 13.1. The molecular formula is C13H20ClN. The smallest absolute Gasteiger partial charge is 0.0406 e. The third-order valence-corrected chi connectivity index (χ3v) is 2.85. The molecule has 0 heterocycles. The first-order chi connectivity index (χ1) is 7.09. The van der Waals surface area contributed by atoms with Gasteiger partial charge in [-0.05, 0) is 30.0 Å². The molecule has 0 amide bonds. The van der Waals surface area contributed by atoms with E-state index in [2.05, 4.69) is 13.8 Å². The molecule has 2 heteroatoms. The van der Waals surface area contributed by atoms with Gasteiger partial charge in [-0.3, -0.25) is 0 Å². The summed E-state index contributed by atoms with van der Waals surface area (Å²) < 4.78 is 0. The second-order valence-electron chi connectivity index (χ2n) is 4.48. The Bertz CT molecular complexity index is 279. The van der Waals surface area contributed by atoms with Crippen LogP contribution in [-0.4, -0.2) is 0 Å². The van der Waals surface area contributed by atoms with Gasteiger partial charge in [0.2, 0.25) is 0 Å². The molecule has 2 N–H and O–H groups in total. The van der Waals surface area contributed by atoms with Crippen molar-refractivity contribution in [1.82, 2.24) is 0 Å². The summed E-state index contributed by atoms with van der Waals surface area (Å²) in [5, 5.41) is 0.771. The molecule has 1 unspecified atom stereocenters. The molecule has 0 saturated heterocycles. The lowest BCUT2D eigenvalue weighted by Gasteiger charge is -2.12. The summed E-state index contributed by atoms with van der Waals surface area (Å²) >= 11 is 5.82. The van der Waals surface area contributed by atoms with Gasteiger partial charge < -0.3 is 5.73 Å². The summed E-state index contributed by atoms with van der Waals surface area (Å²) in [7, 11) is 0. The zero-order valence-corrected chi connectivity index (χ0v) is 10.3. The molecule has 1 nitrogen and oxygen atoms in total. The van der Waals surface area contributed by atoms with E-state index >= 15 is 0 Å². The van der Waals surface area contributed by atoms with Crippen molar-refractivity contribution < 1.29 is 0 Å². The van der Waals surface area contributed by atoms with Gasteiger partial charge in [-0.1, -0.05) is 50.4 Å². The second-order valence-corrected chi connectivity index (χ2v) is 4.92. The highest BCUT2D eigenvalue weighted by molar-refractivity contribution is 6.30. The van der Waals surface area contributed by atoms with Crippen LogP contribution in [0.3, 0.4) is 0 Å². The fourth-order valence-electron chi connectivity index (χ4n) is 1.62. The van der Waals surface area contributed by atoms with E-state index in [4.69, 9.17) is 17.3 Å². The Labute approximate surface area is 97.6 Å². The molecule has 0 radical (unpaired) electrons. The van der Waals surface area contributed by atoms with Crippen LogP contribution < -0.4 is 5.73 Å². The quantitative estimate of drug-likeness (QED) is 0.800. The van der Waals surface area contributed by atoms with E-state index < -0.39 is 0 Å². The first-order valence-electron chi connectivity index (χ1n) is 5.60. The summed E-state index contributed by atoms with van der Waals surface area (Å²) in [6, 6.07) is 7.99. The molecule has 0 saturated carbocycles. The van der Waals surface area contributed by atoms with E-state index in [0.717, 1.165) is 17.4 Å². The topological polar surface area (TPSA) is 26.0 Å². The van der Waals surface area contributed by atoms with E-state index in [0.29, 0.717) is 0 Å². The van der Waals surface area contributed by atoms with E-state index in [1.165, 1.54) is 18.4 Å². The molecule has 15 heavy (non-hydrogen) atoms. The molecule has 84 valence electrons. The predicted octanol–water partition coefficient (Wildman–Crippen LogP) is 4.17. The van der Waals surface area contributed by atoms with Gasteiger partial charge in [-0.15, -0.1) is 0 Å². The molecule has 0 bridgehead atoms. The van der Waals surface area contributed by atoms with E-state index in [-0.39, 0.29) is 6.04 Å². The summed E-state index contributed by atoms with van der Waals surface area (Å²) in [5.74, 6) is 0.766. The van der Waals surface area contributed by atoms with Crippen molar-refractivity contribution in [3.63, 3.8) is 0 Å². The van der Waals surface area contributed by atoms with Crippen LogP contribution in [0.2, 0.25) is 5.02 Å². The van der Waals surface area contributed by atoms with Crippen molar-refractivity contribution in [2.75, 3.05) is 0 Å². The van der Waals surface area contributed by atoms with Gasteiger partial charge >= 0.3 is 0 Å². The molecule has 0 aliphatic rings. The van der Waals surface area contributed by atoms with Gasteiger partial charge in [-0.25, -0.2) is 0 Å². The van der Waals surface area contributed by atoms with Gasteiger partial charge in [0, 0.05) is 11.1 Å². The van der Waals surface area contributed by atoms with Crippen LogP contribution in [0.25, 0.3) is 0 Å². The number of hydrogen-bond donors (Lipinski definition) is 1. The van der Waals surface area contributed by atoms with Crippen molar-refractivity contribution in [3.8, 4) is 0 Å². The highest BCUT2D eigenvalue weighted by atomic mass is 35.5. The Hall–Kier alpha value is -0.530. The third kappa shape index (κ3) is 4.67. The molecule has 0 spiro atoms. The van der Waals surface area contributed by atoms with Gasteiger partial charge in [0.25, 0.3) is 0 Å². The molecule has 0 aromatic heterocycles. The Morgan fingerprint density at radius 3 is 2.27 bits per heavy atom. The average Bonchev–Trinajstić information content (AvgIpc) is 2.18. The van der Waals surface area contributed by atoms with Crippen molar-refractivity contribution >= 4 is 11.6 Å². The van der Waals surface area contributed by atoms with Gasteiger partial charge in [0.1, 0.15) is 0 Å². The molecule has 0 fully saturated rings. The standard InChI is InChI=1S/C13H20ClN/c1-10(2)4-3-5-13(15)11-6-8-12(14)9-7-11/h6-10,13H,3-5,15H2,1-2H3. The summed E-state index contributed by atoms with van der Waals surface area (Å²) in [5.41, 5.74) is 7.27. The van der Waals surface area contributed by atoms with Crippen molar-refractivity contribution in [1.29, 1.82) is 0 Å². The second kappa shape index (κ2) is 6.14. The number of rotatable bonds is 5. The number of hydrogen-bond acceptors (Lipinski definition) is 1. The molecule has 1 atom stereocenters. The van der Waals surface area contributed by atoms with E-state index in [9.17, 15) is 0 Å². The molecule has 0 aliphatic heterocycles. The largest absolute Gasteiger partial charge is 0.324 e. The van der Waals surface area contributed by atoms with Gasteiger partial charge in [0.15, 0.2) is 0 Å². The maximum absolute atomic E-state index is 6.09. The highest BCUT2D eigenvalue weighted by Gasteiger charge is 2.05. The summed E-state index contributed by atoms with van der Waals surface area (Å²) in [6.07, 6.45) is 3.50. The van der Waals surface area contributed by atoms with Gasteiger partial charge in [-0.2, -0.15) is 0 Å². The first kappa shape index (κ1) is 12.5. The molecule has 1 rings (SSSR count). The van der Waals surface area contributed by atoms with Crippen molar-refractivity contribution in [3.05, 3.63) is 34.9 Å². The Morgan fingerprint density at radius 2 is 1.73 bits per heavy atom. The van der Waals surface area contributed by atoms with E-state index in [1.54, 1.807) is 0 Å². The molecule has 0 aliphatic carbocycles. The number of benzene rings is 1. The fraction of sp³-hybridized carbons (Fsp3) is 0.538. The molecule has 1 aromatic rings. The van der Waals surface area contributed by atoms with Crippen LogP contribution in [0.5, 0.6) is 0 Å². The number of nitrogens with two attached hydrogens (primary N) is 1. The van der Waals surface area contributed by atoms with Gasteiger partial charge in [0.05, 0.1) is 0 Å². The van der Waals surface area contributed by atoms with Crippen LogP contribution in [0.1, 0.15) is 44.7 Å². The number of halogens is 1. The van der Waals surface area contributed by atoms with Crippen molar-refractivity contribution in [2.24, 2.45) is 11.7 Å². The van der Waals surface area contributed by atoms with Crippen LogP contribution >= 0.6 is 11.6 Å². The highest BCUT2D eigenvalue weighted by Crippen LogP contribution is 2.20. The lowest BCUT2D eigenvalue weighted by molar-refractivity contribution is 0.505.